The molecule has 2 atom stereocenters. The molecule has 3 aromatic heterocycles. The van der Waals surface area contributed by atoms with Crippen LogP contribution in [0.25, 0.3) is 22.2 Å². The number of hydrogen-bond acceptors (Lipinski definition) is 12. The highest BCUT2D eigenvalue weighted by molar-refractivity contribution is 6.35. The Morgan fingerprint density at radius 2 is 1.69 bits per heavy atom. The molecule has 18 heteroatoms. The molecule has 0 saturated carbocycles. The fourth-order valence-corrected chi connectivity index (χ4v) is 9.41. The third kappa shape index (κ3) is 8.17. The highest BCUT2D eigenvalue weighted by Gasteiger charge is 2.52. The van der Waals surface area contributed by atoms with Gasteiger partial charge in [0.1, 0.15) is 35.7 Å². The number of piperazine rings is 1. The molecule has 322 valence electrons. The number of likely N-dealkylation sites (tertiary alicyclic amines) is 1. The lowest BCUT2D eigenvalue weighted by Crippen LogP contribution is -2.72. The molecule has 1 unspecified atom stereocenters. The zero-order chi connectivity index (χ0) is 43.7. The van der Waals surface area contributed by atoms with Crippen LogP contribution in [0.1, 0.15) is 52.1 Å². The second kappa shape index (κ2) is 17.7. The number of fused-ring (bicyclic) bond motifs is 2. The third-order valence-corrected chi connectivity index (χ3v) is 12.6. The molecule has 9 rings (SSSR count). The SMILES string of the molecule is CNC(=O)C(CCC=O)N1C(=O)c2cccc(N3CCN(C)CC3)c2C1=O.C[C@@H](Oc1ccc2[nH]nc(-c3ccc(N4CC5(CN(C=O)C5)C4)nc3)c2c1)c1c(Cl)cncc1Cl. The van der Waals surface area contributed by atoms with E-state index in [-0.39, 0.29) is 24.4 Å². The van der Waals surface area contributed by atoms with Gasteiger partial charge in [-0.05, 0) is 62.9 Å². The van der Waals surface area contributed by atoms with Gasteiger partial charge in [-0.2, -0.15) is 5.10 Å². The van der Waals surface area contributed by atoms with Crippen molar-refractivity contribution in [3.05, 3.63) is 93.9 Å². The second-order valence-electron chi connectivity index (χ2n) is 16.2. The van der Waals surface area contributed by atoms with Gasteiger partial charge in [0.05, 0.1) is 32.4 Å². The van der Waals surface area contributed by atoms with Gasteiger partial charge in [0.25, 0.3) is 11.8 Å². The Labute approximate surface area is 368 Å². The molecule has 0 aliphatic carbocycles. The van der Waals surface area contributed by atoms with Gasteiger partial charge in [0, 0.05) is 106 Å². The maximum absolute atomic E-state index is 13.2. The standard InChI is InChI=1S/C25H22Cl2N6O2.C19H24N4O4/c1-15(23-19(26)8-28-9-20(23)27)35-17-3-4-21-18(6-17)24(31-30-21)16-2-5-22(29-7-16)33-12-25(13-33)10-32(11-25)14-34;1-20-17(25)15(7-4-12-24)23-18(26)13-5-3-6-14(16(13)19(23)27)22-10-8-21(2)9-11-22/h2-9,14-15H,10-13H2,1H3,(H,30,31);3,5-6,12,15H,4,7-11H2,1-2H3,(H,20,25)/t15-;/m1./s1. The van der Waals surface area contributed by atoms with E-state index in [2.05, 4.69) is 40.2 Å². The fourth-order valence-electron chi connectivity index (χ4n) is 8.74. The number of benzene rings is 2. The molecule has 0 bridgehead atoms. The lowest BCUT2D eigenvalue weighted by molar-refractivity contribution is -0.131. The van der Waals surface area contributed by atoms with Gasteiger partial charge < -0.3 is 34.4 Å². The van der Waals surface area contributed by atoms with Gasteiger partial charge in [0.15, 0.2) is 0 Å². The number of aldehydes is 1. The van der Waals surface area contributed by atoms with Gasteiger partial charge in [-0.1, -0.05) is 29.3 Å². The number of imide groups is 1. The van der Waals surface area contributed by atoms with Crippen molar-refractivity contribution in [2.75, 3.05) is 76.3 Å². The number of hydrogen-bond donors (Lipinski definition) is 2. The fraction of sp³-hybridized carbons (Fsp3) is 0.364. The van der Waals surface area contributed by atoms with Crippen molar-refractivity contribution in [3.8, 4) is 17.0 Å². The summed E-state index contributed by atoms with van der Waals surface area (Å²) in [5.74, 6) is 0.214. The van der Waals surface area contributed by atoms with E-state index in [9.17, 15) is 24.0 Å². The largest absolute Gasteiger partial charge is 0.486 e. The molecule has 4 aliphatic heterocycles. The first-order valence-electron chi connectivity index (χ1n) is 20.4. The van der Waals surface area contributed by atoms with Crippen molar-refractivity contribution in [2.24, 2.45) is 5.41 Å². The van der Waals surface area contributed by atoms with Crippen LogP contribution < -0.4 is 19.9 Å². The summed E-state index contributed by atoms with van der Waals surface area (Å²) in [7, 11) is 3.49. The van der Waals surface area contributed by atoms with Gasteiger partial charge in [-0.25, -0.2) is 4.98 Å². The first-order valence-corrected chi connectivity index (χ1v) is 21.1. The zero-order valence-electron chi connectivity index (χ0n) is 34.5. The highest BCUT2D eigenvalue weighted by Crippen LogP contribution is 2.41. The average Bonchev–Trinajstić information content (AvgIpc) is 3.78. The van der Waals surface area contributed by atoms with Crippen LogP contribution in [0, 0.1) is 5.41 Å². The Kier molecular flexibility index (Phi) is 12.2. The minimum atomic E-state index is -0.993. The van der Waals surface area contributed by atoms with Crippen molar-refractivity contribution in [3.63, 3.8) is 0 Å². The quantitative estimate of drug-likeness (QED) is 0.129. The van der Waals surface area contributed by atoms with Crippen molar-refractivity contribution < 1.29 is 28.7 Å². The monoisotopic (exact) mass is 880 g/mol. The molecule has 16 nitrogen and oxygen atoms in total. The van der Waals surface area contributed by atoms with Crippen LogP contribution >= 0.6 is 23.2 Å². The van der Waals surface area contributed by atoms with Crippen LogP contribution in [0.4, 0.5) is 11.5 Å². The predicted molar refractivity (Wildman–Crippen MR) is 235 cm³/mol. The Balaban J connectivity index is 0.000000177. The minimum Gasteiger partial charge on any atom is -0.486 e. The lowest BCUT2D eigenvalue weighted by Gasteiger charge is -2.59. The molecule has 2 aromatic carbocycles. The van der Waals surface area contributed by atoms with Crippen molar-refractivity contribution >= 4 is 76.0 Å². The number of carbonyl (C=O) groups excluding carboxylic acids is 5. The molecule has 3 saturated heterocycles. The average molecular weight is 882 g/mol. The smallest absolute Gasteiger partial charge is 0.264 e. The molecular weight excluding hydrogens is 835 g/mol. The summed E-state index contributed by atoms with van der Waals surface area (Å²) < 4.78 is 6.17. The summed E-state index contributed by atoms with van der Waals surface area (Å²) in [6, 6.07) is 14.1. The summed E-state index contributed by atoms with van der Waals surface area (Å²) >= 11 is 12.6. The number of rotatable bonds is 12. The Morgan fingerprint density at radius 1 is 0.952 bits per heavy atom. The van der Waals surface area contributed by atoms with Gasteiger partial charge >= 0.3 is 0 Å². The first kappa shape index (κ1) is 42.6. The second-order valence-corrected chi connectivity index (χ2v) is 17.0. The number of ether oxygens (including phenoxy) is 1. The normalized spacial score (nSPS) is 17.8. The summed E-state index contributed by atoms with van der Waals surface area (Å²) in [6.45, 7) is 8.71. The molecule has 3 fully saturated rings. The van der Waals surface area contributed by atoms with E-state index in [1.54, 1.807) is 24.5 Å². The van der Waals surface area contributed by atoms with E-state index in [1.807, 2.05) is 61.5 Å². The van der Waals surface area contributed by atoms with Crippen LogP contribution in [0.5, 0.6) is 5.75 Å². The Hall–Kier alpha value is -6.10. The van der Waals surface area contributed by atoms with Crippen LogP contribution in [0.15, 0.2) is 67.1 Å². The molecule has 0 radical (unpaired) electrons. The number of halogens is 2. The maximum Gasteiger partial charge on any atom is 0.264 e. The van der Waals surface area contributed by atoms with Gasteiger partial charge in [-0.3, -0.25) is 34.2 Å². The van der Waals surface area contributed by atoms with Crippen LogP contribution in [0.2, 0.25) is 10.0 Å². The number of aromatic nitrogens is 4. The molecule has 4 aliphatic rings. The predicted octanol–water partition coefficient (Wildman–Crippen LogP) is 4.87. The number of pyridine rings is 2. The first-order chi connectivity index (χ1) is 29.9. The number of likely N-dealkylation sites (N-methyl/N-ethyl adjacent to an activating group) is 2. The summed E-state index contributed by atoms with van der Waals surface area (Å²) in [5, 5.41) is 12.0. The third-order valence-electron chi connectivity index (χ3n) is 12.0. The topological polar surface area (TPSA) is 177 Å². The zero-order valence-corrected chi connectivity index (χ0v) is 36.0. The van der Waals surface area contributed by atoms with E-state index in [1.165, 1.54) is 7.05 Å². The number of anilines is 2. The lowest BCUT2D eigenvalue weighted by atomic mass is 9.73. The van der Waals surface area contributed by atoms with E-state index >= 15 is 0 Å². The van der Waals surface area contributed by atoms with Crippen LogP contribution in [-0.2, 0) is 14.4 Å². The van der Waals surface area contributed by atoms with Crippen LogP contribution in [0.3, 0.4) is 0 Å². The number of H-pyrrole nitrogens is 1. The number of nitrogens with zero attached hydrogens (tertiary/aromatic N) is 8. The van der Waals surface area contributed by atoms with Crippen molar-refractivity contribution in [1.29, 1.82) is 0 Å². The van der Waals surface area contributed by atoms with Crippen molar-refractivity contribution in [2.45, 2.75) is 31.9 Å². The van der Waals surface area contributed by atoms with E-state index in [4.69, 9.17) is 27.9 Å². The van der Waals surface area contributed by atoms with Crippen LogP contribution in [-0.4, -0.2) is 138 Å². The molecule has 1 spiro atoms. The highest BCUT2D eigenvalue weighted by atomic mass is 35.5. The summed E-state index contributed by atoms with van der Waals surface area (Å²) in [6.07, 6.45) is 6.42. The molecular formula is C44H46Cl2N10O6. The number of carbonyl (C=O) groups is 5. The number of nitrogens with one attached hydrogen (secondary N) is 2. The van der Waals surface area contributed by atoms with E-state index in [0.717, 1.165) is 97.3 Å². The Morgan fingerprint density at radius 3 is 2.35 bits per heavy atom. The molecule has 62 heavy (non-hydrogen) atoms. The number of amides is 4. The Bertz CT molecular complexity index is 2490. The van der Waals surface area contributed by atoms with E-state index in [0.29, 0.717) is 38.8 Å². The van der Waals surface area contributed by atoms with Gasteiger partial charge in [0.2, 0.25) is 12.3 Å². The molecule has 2 N–H and O–H groups in total. The molecule has 7 heterocycles. The van der Waals surface area contributed by atoms with E-state index < -0.39 is 23.8 Å². The molecule has 5 aromatic rings. The maximum atomic E-state index is 13.2. The molecule has 4 amide bonds. The summed E-state index contributed by atoms with van der Waals surface area (Å²) in [4.78, 5) is 78.1. The van der Waals surface area contributed by atoms with Crippen molar-refractivity contribution in [1.82, 2.24) is 40.2 Å². The van der Waals surface area contributed by atoms with Gasteiger partial charge in [-0.15, -0.1) is 0 Å². The summed E-state index contributed by atoms with van der Waals surface area (Å²) in [5.41, 5.74) is 4.96. The number of aromatic amines is 1. The minimum absolute atomic E-state index is 0.0941.